The summed E-state index contributed by atoms with van der Waals surface area (Å²) in [7, 11) is 0. The smallest absolute Gasteiger partial charge is 0.191 e. The number of aliphatic hydroxyl groups excluding tert-OH is 1. The van der Waals surface area contributed by atoms with Crippen LogP contribution >= 0.6 is 0 Å². The number of furan rings is 1. The third-order valence-electron chi connectivity index (χ3n) is 5.04. The first kappa shape index (κ1) is 19.4. The molecule has 1 aliphatic carbocycles. The van der Waals surface area contributed by atoms with Crippen molar-refractivity contribution in [3.63, 3.8) is 0 Å². The fraction of sp³-hybridized carbons (Fsp3) is 0.524. The van der Waals surface area contributed by atoms with Crippen LogP contribution in [0, 0.1) is 5.92 Å². The Balaban J connectivity index is 1.53. The number of hydrogen-bond donors (Lipinski definition) is 3. The van der Waals surface area contributed by atoms with Gasteiger partial charge in [0.1, 0.15) is 5.76 Å². The Morgan fingerprint density at radius 3 is 2.74 bits per heavy atom. The minimum atomic E-state index is -0.633. The van der Waals surface area contributed by atoms with E-state index in [9.17, 15) is 5.11 Å². The van der Waals surface area contributed by atoms with Crippen LogP contribution < -0.4 is 10.6 Å². The largest absolute Gasteiger partial charge is 0.469 e. The quantitative estimate of drug-likeness (QED) is 0.491. The van der Waals surface area contributed by atoms with Crippen LogP contribution in [-0.2, 0) is 6.42 Å². The van der Waals surface area contributed by atoms with E-state index < -0.39 is 6.10 Å². The molecule has 0 spiro atoms. The van der Waals surface area contributed by atoms with Crippen molar-refractivity contribution in [3.05, 3.63) is 54.2 Å². The van der Waals surface area contributed by atoms with Gasteiger partial charge in [0.2, 0.25) is 0 Å². The second-order valence-corrected chi connectivity index (χ2v) is 7.13. The molecule has 2 aromatic heterocycles. The van der Waals surface area contributed by atoms with E-state index in [2.05, 4.69) is 20.6 Å². The number of nitrogens with zero attached hydrogens (tertiary/aromatic N) is 2. The van der Waals surface area contributed by atoms with E-state index in [1.807, 2.05) is 24.3 Å². The topological polar surface area (TPSA) is 82.7 Å². The number of guanidine groups is 1. The predicted octanol–water partition coefficient (Wildman–Crippen LogP) is 3.07. The van der Waals surface area contributed by atoms with Crippen molar-refractivity contribution in [1.29, 1.82) is 0 Å². The fourth-order valence-electron chi connectivity index (χ4n) is 3.43. The van der Waals surface area contributed by atoms with Gasteiger partial charge in [-0.15, -0.1) is 0 Å². The molecule has 3 N–H and O–H groups in total. The Kier molecular flexibility index (Phi) is 7.71. The third kappa shape index (κ3) is 6.71. The molecule has 0 bridgehead atoms. The Morgan fingerprint density at radius 2 is 2.00 bits per heavy atom. The average Bonchev–Trinajstić information content (AvgIpc) is 3.24. The van der Waals surface area contributed by atoms with Crippen LogP contribution in [0.3, 0.4) is 0 Å². The van der Waals surface area contributed by atoms with Crippen molar-refractivity contribution < 1.29 is 9.52 Å². The van der Waals surface area contributed by atoms with Crippen molar-refractivity contribution in [1.82, 2.24) is 15.6 Å². The number of hydrogen-bond acceptors (Lipinski definition) is 4. The van der Waals surface area contributed by atoms with Crippen LogP contribution in [-0.4, -0.2) is 35.7 Å². The van der Waals surface area contributed by atoms with E-state index in [0.29, 0.717) is 12.5 Å². The maximum atomic E-state index is 10.4. The first-order valence-corrected chi connectivity index (χ1v) is 9.94. The van der Waals surface area contributed by atoms with Gasteiger partial charge in [-0.2, -0.15) is 0 Å². The van der Waals surface area contributed by atoms with Crippen molar-refractivity contribution >= 4 is 5.96 Å². The zero-order valence-electron chi connectivity index (χ0n) is 15.8. The Hall–Kier alpha value is -2.34. The standard InChI is InChI=1S/C21H30N4O2/c26-20(18-8-11-22-12-9-18)16-25-21(23-13-10-19-7-4-14-27-19)24-15-17-5-2-1-3-6-17/h4,7-9,11-12,14,17,20,26H,1-3,5-6,10,13,15-16H2,(H2,23,24,25). The van der Waals surface area contributed by atoms with E-state index in [4.69, 9.17) is 4.42 Å². The Morgan fingerprint density at radius 1 is 1.19 bits per heavy atom. The molecule has 0 saturated heterocycles. The van der Waals surface area contributed by atoms with Crippen molar-refractivity contribution in [2.75, 3.05) is 19.6 Å². The molecule has 6 nitrogen and oxygen atoms in total. The van der Waals surface area contributed by atoms with E-state index in [1.165, 1.54) is 32.1 Å². The highest BCUT2D eigenvalue weighted by Gasteiger charge is 2.14. The molecule has 1 aliphatic rings. The van der Waals surface area contributed by atoms with Gasteiger partial charge in [-0.3, -0.25) is 9.98 Å². The molecule has 6 heteroatoms. The molecule has 0 radical (unpaired) electrons. The van der Waals surface area contributed by atoms with Crippen LogP contribution in [0.2, 0.25) is 0 Å². The summed E-state index contributed by atoms with van der Waals surface area (Å²) >= 11 is 0. The first-order valence-electron chi connectivity index (χ1n) is 9.94. The minimum Gasteiger partial charge on any atom is -0.469 e. The van der Waals surface area contributed by atoms with Gasteiger partial charge in [-0.25, -0.2) is 0 Å². The van der Waals surface area contributed by atoms with Crippen molar-refractivity contribution in [2.24, 2.45) is 10.9 Å². The summed E-state index contributed by atoms with van der Waals surface area (Å²) in [5, 5.41) is 17.2. The van der Waals surface area contributed by atoms with Crippen LogP contribution in [0.25, 0.3) is 0 Å². The van der Waals surface area contributed by atoms with Crippen molar-refractivity contribution in [3.8, 4) is 0 Å². The number of nitrogens with one attached hydrogen (secondary N) is 2. The van der Waals surface area contributed by atoms with E-state index in [0.717, 1.165) is 36.8 Å². The zero-order chi connectivity index (χ0) is 18.7. The highest BCUT2D eigenvalue weighted by atomic mass is 16.3. The molecule has 146 valence electrons. The van der Waals surface area contributed by atoms with Crippen LogP contribution in [0.15, 0.2) is 52.3 Å². The summed E-state index contributed by atoms with van der Waals surface area (Å²) in [4.78, 5) is 8.59. The second-order valence-electron chi connectivity index (χ2n) is 7.13. The molecule has 1 atom stereocenters. The molecule has 1 fully saturated rings. The highest BCUT2D eigenvalue weighted by molar-refractivity contribution is 5.79. The molecule has 1 unspecified atom stereocenters. The summed E-state index contributed by atoms with van der Waals surface area (Å²) in [5.41, 5.74) is 0.830. The van der Waals surface area contributed by atoms with Crippen LogP contribution in [0.1, 0.15) is 49.5 Å². The normalized spacial score (nSPS) is 16.9. The summed E-state index contributed by atoms with van der Waals surface area (Å²) in [6.07, 6.45) is 11.8. The molecule has 2 heterocycles. The predicted molar refractivity (Wildman–Crippen MR) is 106 cm³/mol. The number of aromatic nitrogens is 1. The van der Waals surface area contributed by atoms with Gasteiger partial charge in [-0.1, -0.05) is 19.3 Å². The van der Waals surface area contributed by atoms with E-state index in [1.54, 1.807) is 18.7 Å². The number of aliphatic imine (C=N–C) groups is 1. The summed E-state index contributed by atoms with van der Waals surface area (Å²) in [5.74, 6) is 2.41. The van der Waals surface area contributed by atoms with Gasteiger partial charge in [0, 0.05) is 31.9 Å². The number of rotatable bonds is 8. The molecule has 3 rings (SSSR count). The maximum absolute atomic E-state index is 10.4. The van der Waals surface area contributed by atoms with E-state index >= 15 is 0 Å². The lowest BCUT2D eigenvalue weighted by Gasteiger charge is -2.23. The number of aliphatic hydroxyl groups is 1. The molecular formula is C21H30N4O2. The second kappa shape index (κ2) is 10.7. The molecule has 1 saturated carbocycles. The lowest BCUT2D eigenvalue weighted by molar-refractivity contribution is 0.187. The zero-order valence-corrected chi connectivity index (χ0v) is 15.8. The van der Waals surface area contributed by atoms with Crippen LogP contribution in [0.5, 0.6) is 0 Å². The molecular weight excluding hydrogens is 340 g/mol. The Bertz CT molecular complexity index is 667. The summed E-state index contributed by atoms with van der Waals surface area (Å²) in [6, 6.07) is 7.51. The minimum absolute atomic E-state index is 0.310. The van der Waals surface area contributed by atoms with Crippen molar-refractivity contribution in [2.45, 2.75) is 44.6 Å². The van der Waals surface area contributed by atoms with Gasteiger partial charge >= 0.3 is 0 Å². The summed E-state index contributed by atoms with van der Waals surface area (Å²) < 4.78 is 5.38. The fourth-order valence-corrected chi connectivity index (χ4v) is 3.43. The van der Waals surface area contributed by atoms with E-state index in [-0.39, 0.29) is 0 Å². The molecule has 0 aliphatic heterocycles. The first-order chi connectivity index (χ1) is 13.3. The highest BCUT2D eigenvalue weighted by Crippen LogP contribution is 2.22. The van der Waals surface area contributed by atoms with Crippen LogP contribution in [0.4, 0.5) is 0 Å². The molecule has 0 amide bonds. The van der Waals surface area contributed by atoms with Gasteiger partial charge < -0.3 is 20.2 Å². The summed E-state index contributed by atoms with van der Waals surface area (Å²) in [6.45, 7) is 1.97. The molecule has 2 aromatic rings. The van der Waals surface area contributed by atoms with Gasteiger partial charge in [0.25, 0.3) is 0 Å². The third-order valence-corrected chi connectivity index (χ3v) is 5.04. The average molecular weight is 370 g/mol. The molecule has 27 heavy (non-hydrogen) atoms. The SMILES string of the molecule is OC(CN=C(NCCc1ccco1)NCC1CCCCC1)c1ccncc1. The maximum Gasteiger partial charge on any atom is 0.191 e. The van der Waals surface area contributed by atoms with Gasteiger partial charge in [-0.05, 0) is 48.6 Å². The lowest BCUT2D eigenvalue weighted by atomic mass is 9.89. The Labute approximate surface area is 161 Å². The molecule has 0 aromatic carbocycles. The monoisotopic (exact) mass is 370 g/mol. The number of pyridine rings is 1. The van der Waals surface area contributed by atoms with Gasteiger partial charge in [0.15, 0.2) is 5.96 Å². The lowest BCUT2D eigenvalue weighted by Crippen LogP contribution is -2.41. The van der Waals surface area contributed by atoms with Gasteiger partial charge in [0.05, 0.1) is 18.9 Å².